The monoisotopic (exact) mass is 311 g/mol. The average Bonchev–Trinajstić information content (AvgIpc) is 3.06. The van der Waals surface area contributed by atoms with E-state index < -0.39 is 0 Å². The van der Waals surface area contributed by atoms with Gasteiger partial charge in [-0.05, 0) is 68.0 Å². The van der Waals surface area contributed by atoms with Crippen LogP contribution < -0.4 is 14.8 Å². The largest absolute Gasteiger partial charge is 0.495 e. The van der Waals surface area contributed by atoms with Gasteiger partial charge in [-0.2, -0.15) is 0 Å². The zero-order valence-electron chi connectivity index (χ0n) is 14.0. The van der Waals surface area contributed by atoms with E-state index in [2.05, 4.69) is 48.6 Å². The van der Waals surface area contributed by atoms with Crippen LogP contribution in [0.1, 0.15) is 36.8 Å². The number of hydrogen-bond acceptors (Lipinski definition) is 3. The highest BCUT2D eigenvalue weighted by molar-refractivity contribution is 5.58. The molecule has 1 N–H and O–H groups in total. The van der Waals surface area contributed by atoms with Gasteiger partial charge in [0.25, 0.3) is 0 Å². The van der Waals surface area contributed by atoms with E-state index in [1.165, 1.54) is 36.8 Å². The summed E-state index contributed by atoms with van der Waals surface area (Å²) in [4.78, 5) is 0. The second-order valence-electron chi connectivity index (χ2n) is 6.23. The summed E-state index contributed by atoms with van der Waals surface area (Å²) in [7, 11) is 1.70. The molecule has 0 atom stereocenters. The first-order valence-electron chi connectivity index (χ1n) is 8.39. The van der Waals surface area contributed by atoms with Crippen LogP contribution in [0, 0.1) is 6.92 Å². The first-order chi connectivity index (χ1) is 11.2. The van der Waals surface area contributed by atoms with Crippen molar-refractivity contribution in [1.29, 1.82) is 0 Å². The van der Waals surface area contributed by atoms with Crippen molar-refractivity contribution in [3.05, 3.63) is 53.6 Å². The maximum atomic E-state index is 6.08. The Kier molecular flexibility index (Phi) is 5.06. The van der Waals surface area contributed by atoms with Crippen molar-refractivity contribution in [1.82, 2.24) is 0 Å². The Morgan fingerprint density at radius 2 is 1.91 bits per heavy atom. The molecule has 0 unspecified atom stereocenters. The Morgan fingerprint density at radius 1 is 1.09 bits per heavy atom. The van der Waals surface area contributed by atoms with Gasteiger partial charge in [-0.15, -0.1) is 0 Å². The summed E-state index contributed by atoms with van der Waals surface area (Å²) < 4.78 is 11.5. The normalized spacial score (nSPS) is 14.7. The second kappa shape index (κ2) is 7.40. The molecule has 1 aliphatic rings. The molecule has 3 nitrogen and oxygen atoms in total. The SMILES string of the molecule is COc1ccc(C)cc1NCc1cccc(OC2CCCC2)c1. The Labute approximate surface area is 138 Å². The highest BCUT2D eigenvalue weighted by Gasteiger charge is 2.16. The van der Waals surface area contributed by atoms with Gasteiger partial charge in [0.1, 0.15) is 11.5 Å². The molecule has 1 fully saturated rings. The van der Waals surface area contributed by atoms with Gasteiger partial charge in [0.15, 0.2) is 0 Å². The standard InChI is InChI=1S/C20H25NO2/c1-15-10-11-20(22-2)19(12-15)21-14-16-6-5-9-18(13-16)23-17-7-3-4-8-17/h5-6,9-13,17,21H,3-4,7-8,14H2,1-2H3. The van der Waals surface area contributed by atoms with Crippen molar-refractivity contribution in [2.45, 2.75) is 45.3 Å². The number of nitrogens with one attached hydrogen (secondary N) is 1. The molecule has 0 amide bonds. The summed E-state index contributed by atoms with van der Waals surface area (Å²) in [6.07, 6.45) is 5.35. The summed E-state index contributed by atoms with van der Waals surface area (Å²) >= 11 is 0. The van der Waals surface area contributed by atoms with Gasteiger partial charge in [-0.3, -0.25) is 0 Å². The van der Waals surface area contributed by atoms with Crippen molar-refractivity contribution < 1.29 is 9.47 Å². The van der Waals surface area contributed by atoms with Crippen LogP contribution in [0.2, 0.25) is 0 Å². The van der Waals surface area contributed by atoms with Crippen molar-refractivity contribution in [3.8, 4) is 11.5 Å². The summed E-state index contributed by atoms with van der Waals surface area (Å²) in [6.45, 7) is 2.84. The third-order valence-corrected chi connectivity index (χ3v) is 4.34. The number of rotatable bonds is 6. The highest BCUT2D eigenvalue weighted by atomic mass is 16.5. The number of ether oxygens (including phenoxy) is 2. The lowest BCUT2D eigenvalue weighted by Gasteiger charge is -2.15. The van der Waals surface area contributed by atoms with E-state index in [9.17, 15) is 0 Å². The van der Waals surface area contributed by atoms with Crippen LogP contribution in [0.3, 0.4) is 0 Å². The fourth-order valence-electron chi connectivity index (χ4n) is 3.08. The molecule has 1 saturated carbocycles. The number of hydrogen-bond donors (Lipinski definition) is 1. The minimum absolute atomic E-state index is 0.398. The second-order valence-corrected chi connectivity index (χ2v) is 6.23. The average molecular weight is 311 g/mol. The van der Waals surface area contributed by atoms with Crippen LogP contribution in [-0.4, -0.2) is 13.2 Å². The van der Waals surface area contributed by atoms with Gasteiger partial charge in [-0.25, -0.2) is 0 Å². The fraction of sp³-hybridized carbons (Fsp3) is 0.400. The summed E-state index contributed by atoms with van der Waals surface area (Å²) in [5.41, 5.74) is 3.45. The molecular formula is C20H25NO2. The van der Waals surface area contributed by atoms with Crippen LogP contribution >= 0.6 is 0 Å². The predicted molar refractivity (Wildman–Crippen MR) is 94.4 cm³/mol. The molecule has 122 valence electrons. The predicted octanol–water partition coefficient (Wildman–Crippen LogP) is 4.94. The molecular weight excluding hydrogens is 286 g/mol. The summed E-state index contributed by atoms with van der Waals surface area (Å²) in [6, 6.07) is 14.5. The molecule has 2 aromatic rings. The zero-order valence-corrected chi connectivity index (χ0v) is 14.0. The molecule has 0 heterocycles. The first kappa shape index (κ1) is 15.7. The zero-order chi connectivity index (χ0) is 16.1. The molecule has 23 heavy (non-hydrogen) atoms. The Balaban J connectivity index is 1.65. The van der Waals surface area contributed by atoms with Crippen LogP contribution in [0.5, 0.6) is 11.5 Å². The van der Waals surface area contributed by atoms with Gasteiger partial charge in [0.05, 0.1) is 18.9 Å². The Hall–Kier alpha value is -2.16. The Bertz CT molecular complexity index is 648. The van der Waals surface area contributed by atoms with Gasteiger partial charge in [-0.1, -0.05) is 18.2 Å². The smallest absolute Gasteiger partial charge is 0.141 e. The molecule has 3 heteroatoms. The molecule has 1 aliphatic carbocycles. The van der Waals surface area contributed by atoms with Crippen molar-refractivity contribution in [2.75, 3.05) is 12.4 Å². The van der Waals surface area contributed by atoms with E-state index in [1.54, 1.807) is 7.11 Å². The van der Waals surface area contributed by atoms with Crippen LogP contribution in [0.25, 0.3) is 0 Å². The van der Waals surface area contributed by atoms with E-state index in [0.717, 1.165) is 23.7 Å². The molecule has 0 aromatic heterocycles. The minimum Gasteiger partial charge on any atom is -0.495 e. The van der Waals surface area contributed by atoms with Crippen molar-refractivity contribution in [2.24, 2.45) is 0 Å². The highest BCUT2D eigenvalue weighted by Crippen LogP contribution is 2.27. The van der Waals surface area contributed by atoms with E-state index in [1.807, 2.05) is 6.07 Å². The van der Waals surface area contributed by atoms with Crippen LogP contribution in [-0.2, 0) is 6.54 Å². The van der Waals surface area contributed by atoms with Gasteiger partial charge >= 0.3 is 0 Å². The molecule has 0 bridgehead atoms. The minimum atomic E-state index is 0.398. The maximum absolute atomic E-state index is 6.08. The lowest BCUT2D eigenvalue weighted by atomic mass is 10.1. The fourth-order valence-corrected chi connectivity index (χ4v) is 3.08. The molecule has 0 radical (unpaired) electrons. The lowest BCUT2D eigenvalue weighted by molar-refractivity contribution is 0.210. The number of anilines is 1. The van der Waals surface area contributed by atoms with Gasteiger partial charge in [0.2, 0.25) is 0 Å². The van der Waals surface area contributed by atoms with Crippen molar-refractivity contribution >= 4 is 5.69 Å². The molecule has 2 aromatic carbocycles. The van der Waals surface area contributed by atoms with Gasteiger partial charge < -0.3 is 14.8 Å². The number of benzene rings is 2. The Morgan fingerprint density at radius 3 is 2.70 bits per heavy atom. The summed E-state index contributed by atoms with van der Waals surface area (Å²) in [5.74, 6) is 1.85. The van der Waals surface area contributed by atoms with E-state index in [-0.39, 0.29) is 0 Å². The number of methoxy groups -OCH3 is 1. The molecule has 0 aliphatic heterocycles. The quantitative estimate of drug-likeness (QED) is 0.820. The van der Waals surface area contributed by atoms with E-state index >= 15 is 0 Å². The maximum Gasteiger partial charge on any atom is 0.141 e. The molecule has 0 spiro atoms. The topological polar surface area (TPSA) is 30.5 Å². The third kappa shape index (κ3) is 4.19. The van der Waals surface area contributed by atoms with E-state index in [4.69, 9.17) is 9.47 Å². The number of aryl methyl sites for hydroxylation is 1. The lowest BCUT2D eigenvalue weighted by Crippen LogP contribution is -2.11. The first-order valence-corrected chi connectivity index (χ1v) is 8.39. The van der Waals surface area contributed by atoms with Crippen molar-refractivity contribution in [3.63, 3.8) is 0 Å². The molecule has 0 saturated heterocycles. The van der Waals surface area contributed by atoms with E-state index in [0.29, 0.717) is 6.10 Å². The molecule has 3 rings (SSSR count). The third-order valence-electron chi connectivity index (χ3n) is 4.34. The van der Waals surface area contributed by atoms with Gasteiger partial charge in [0, 0.05) is 6.54 Å². The van der Waals surface area contributed by atoms with Crippen LogP contribution in [0.15, 0.2) is 42.5 Å². The summed E-state index contributed by atoms with van der Waals surface area (Å²) in [5, 5.41) is 3.46. The van der Waals surface area contributed by atoms with Crippen LogP contribution in [0.4, 0.5) is 5.69 Å².